The van der Waals surface area contributed by atoms with Gasteiger partial charge in [-0.2, -0.15) is 0 Å². The molecule has 3 nitrogen and oxygen atoms in total. The van der Waals surface area contributed by atoms with Gasteiger partial charge in [-0.1, -0.05) is 12.1 Å². The quantitative estimate of drug-likeness (QED) is 0.330. The van der Waals surface area contributed by atoms with E-state index in [-0.39, 0.29) is 0 Å². The number of Topliss-reactive ketones (excluding diaryl/α,β-unsaturated/α-hetero) is 1. The number of carbonyl (C=O) groups is 2. The molecule has 0 aromatic heterocycles. The molecule has 0 unspecified atom stereocenters. The molecule has 0 spiro atoms. The number of ketones is 1. The Labute approximate surface area is 86.5 Å². The molecule has 0 bridgehead atoms. The largest absolute Gasteiger partial charge is 0.463 e. The van der Waals surface area contributed by atoms with Crippen molar-refractivity contribution in [3.8, 4) is 0 Å². The Morgan fingerprint density at radius 3 is 2.50 bits per heavy atom. The lowest BCUT2D eigenvalue weighted by Gasteiger charge is -2.03. The van der Waals surface area contributed by atoms with E-state index in [1.807, 2.05) is 12.3 Å². The molecule has 0 saturated carbocycles. The molecule has 1 aromatic carbocycles. The van der Waals surface area contributed by atoms with Crippen molar-refractivity contribution in [3.63, 3.8) is 0 Å². The molecule has 0 aliphatic rings. The van der Waals surface area contributed by atoms with Gasteiger partial charge < -0.3 is 4.74 Å². The zero-order valence-corrected chi connectivity index (χ0v) is 8.76. The molecule has 0 N–H and O–H groups in total. The maximum absolute atomic E-state index is 11.5. The standard InChI is InChI=1S/C10H10O3S/c1-13-10(12)9(11)7-5-3-4-6-8(7)14-2/h3-6H,1-2H3. The van der Waals surface area contributed by atoms with Crippen LogP contribution >= 0.6 is 11.8 Å². The van der Waals surface area contributed by atoms with Crippen molar-refractivity contribution in [2.45, 2.75) is 4.90 Å². The Morgan fingerprint density at radius 1 is 1.29 bits per heavy atom. The summed E-state index contributed by atoms with van der Waals surface area (Å²) in [6.45, 7) is 0. The van der Waals surface area contributed by atoms with Crippen molar-refractivity contribution in [2.75, 3.05) is 13.4 Å². The molecule has 0 radical (unpaired) electrons. The fourth-order valence-electron chi connectivity index (χ4n) is 1.03. The van der Waals surface area contributed by atoms with Crippen LogP contribution in [0, 0.1) is 0 Å². The first-order valence-electron chi connectivity index (χ1n) is 3.96. The summed E-state index contributed by atoms with van der Waals surface area (Å²) >= 11 is 1.42. The van der Waals surface area contributed by atoms with E-state index >= 15 is 0 Å². The van der Waals surface area contributed by atoms with E-state index in [4.69, 9.17) is 0 Å². The lowest BCUT2D eigenvalue weighted by molar-refractivity contribution is -0.135. The van der Waals surface area contributed by atoms with Crippen LogP contribution in [0.2, 0.25) is 0 Å². The van der Waals surface area contributed by atoms with Crippen LogP contribution in [0.15, 0.2) is 29.2 Å². The van der Waals surface area contributed by atoms with Crippen LogP contribution in [0.5, 0.6) is 0 Å². The van der Waals surface area contributed by atoms with Crippen molar-refractivity contribution in [1.29, 1.82) is 0 Å². The third-order valence-electron chi connectivity index (χ3n) is 1.72. The SMILES string of the molecule is COC(=O)C(=O)c1ccccc1SC. The zero-order valence-electron chi connectivity index (χ0n) is 7.94. The topological polar surface area (TPSA) is 43.4 Å². The molecule has 0 amide bonds. The van der Waals surface area contributed by atoms with Gasteiger partial charge in [-0.3, -0.25) is 4.79 Å². The van der Waals surface area contributed by atoms with E-state index in [2.05, 4.69) is 4.74 Å². The number of rotatable bonds is 3. The van der Waals surface area contributed by atoms with Gasteiger partial charge in [0.2, 0.25) is 0 Å². The highest BCUT2D eigenvalue weighted by Crippen LogP contribution is 2.20. The second-order valence-electron chi connectivity index (χ2n) is 2.52. The van der Waals surface area contributed by atoms with E-state index in [1.165, 1.54) is 18.9 Å². The van der Waals surface area contributed by atoms with Gasteiger partial charge in [0.15, 0.2) is 0 Å². The molecular weight excluding hydrogens is 200 g/mol. The van der Waals surface area contributed by atoms with Crippen LogP contribution in [0.3, 0.4) is 0 Å². The molecule has 0 atom stereocenters. The van der Waals surface area contributed by atoms with E-state index < -0.39 is 11.8 Å². The maximum atomic E-state index is 11.5. The molecule has 0 aliphatic carbocycles. The summed E-state index contributed by atoms with van der Waals surface area (Å²) in [4.78, 5) is 23.2. The molecule has 14 heavy (non-hydrogen) atoms. The van der Waals surface area contributed by atoms with E-state index in [1.54, 1.807) is 18.2 Å². The highest BCUT2D eigenvalue weighted by atomic mass is 32.2. The molecule has 74 valence electrons. The van der Waals surface area contributed by atoms with Gasteiger partial charge >= 0.3 is 5.97 Å². The number of hydrogen-bond donors (Lipinski definition) is 0. The van der Waals surface area contributed by atoms with Crippen LogP contribution in [0.1, 0.15) is 10.4 Å². The Balaban J connectivity index is 3.06. The first-order valence-corrected chi connectivity index (χ1v) is 5.19. The monoisotopic (exact) mass is 210 g/mol. The van der Waals surface area contributed by atoms with Crippen molar-refractivity contribution >= 4 is 23.5 Å². The summed E-state index contributed by atoms with van der Waals surface area (Å²) in [5, 5.41) is 0. The third kappa shape index (κ3) is 2.14. The van der Waals surface area contributed by atoms with E-state index in [9.17, 15) is 9.59 Å². The lowest BCUT2D eigenvalue weighted by atomic mass is 10.1. The maximum Gasteiger partial charge on any atom is 0.379 e. The Bertz CT molecular complexity index is 360. The van der Waals surface area contributed by atoms with Gasteiger partial charge in [0.25, 0.3) is 5.78 Å². The van der Waals surface area contributed by atoms with Crippen molar-refractivity contribution in [1.82, 2.24) is 0 Å². The van der Waals surface area contributed by atoms with Crippen molar-refractivity contribution < 1.29 is 14.3 Å². The average Bonchev–Trinajstić information content (AvgIpc) is 2.26. The smallest absolute Gasteiger partial charge is 0.379 e. The molecule has 1 rings (SSSR count). The molecule has 4 heteroatoms. The number of ether oxygens (including phenoxy) is 1. The first kappa shape index (κ1) is 10.8. The van der Waals surface area contributed by atoms with E-state index in [0.717, 1.165) is 4.90 Å². The first-order chi connectivity index (χ1) is 6.70. The van der Waals surface area contributed by atoms with Crippen molar-refractivity contribution in [2.24, 2.45) is 0 Å². The van der Waals surface area contributed by atoms with E-state index in [0.29, 0.717) is 5.56 Å². The van der Waals surface area contributed by atoms with Crippen LogP contribution in [0.25, 0.3) is 0 Å². The summed E-state index contributed by atoms with van der Waals surface area (Å²) < 4.78 is 4.37. The number of benzene rings is 1. The Kier molecular flexibility index (Phi) is 3.71. The fourth-order valence-corrected chi connectivity index (χ4v) is 1.63. The lowest BCUT2D eigenvalue weighted by Crippen LogP contribution is -2.16. The minimum atomic E-state index is -0.827. The number of methoxy groups -OCH3 is 1. The van der Waals surface area contributed by atoms with Crippen LogP contribution in [-0.4, -0.2) is 25.1 Å². The minimum Gasteiger partial charge on any atom is -0.463 e. The number of thioether (sulfide) groups is 1. The second kappa shape index (κ2) is 4.81. The summed E-state index contributed by atoms with van der Waals surface area (Å²) in [5.41, 5.74) is 0.395. The molecule has 0 fully saturated rings. The van der Waals surface area contributed by atoms with Gasteiger partial charge in [-0.15, -0.1) is 11.8 Å². The van der Waals surface area contributed by atoms with Gasteiger partial charge in [0, 0.05) is 10.5 Å². The zero-order chi connectivity index (χ0) is 10.6. The minimum absolute atomic E-state index is 0.395. The summed E-state index contributed by atoms with van der Waals surface area (Å²) in [5.74, 6) is -1.43. The summed E-state index contributed by atoms with van der Waals surface area (Å²) in [6, 6.07) is 6.95. The highest BCUT2D eigenvalue weighted by molar-refractivity contribution is 7.98. The normalized spacial score (nSPS) is 9.57. The van der Waals surface area contributed by atoms with Crippen LogP contribution < -0.4 is 0 Å². The molecular formula is C10H10O3S. The number of carbonyl (C=O) groups excluding carboxylic acids is 2. The van der Waals surface area contributed by atoms with Crippen LogP contribution in [-0.2, 0) is 9.53 Å². The van der Waals surface area contributed by atoms with Gasteiger partial charge in [0.05, 0.1) is 7.11 Å². The third-order valence-corrected chi connectivity index (χ3v) is 2.52. The van der Waals surface area contributed by atoms with Gasteiger partial charge in [-0.25, -0.2) is 4.79 Å². The predicted molar refractivity (Wildman–Crippen MR) is 54.6 cm³/mol. The molecule has 0 saturated heterocycles. The summed E-state index contributed by atoms with van der Waals surface area (Å²) in [7, 11) is 1.20. The summed E-state index contributed by atoms with van der Waals surface area (Å²) in [6.07, 6.45) is 1.85. The molecule has 0 aliphatic heterocycles. The second-order valence-corrected chi connectivity index (χ2v) is 3.37. The predicted octanol–water partition coefficient (Wildman–Crippen LogP) is 1.76. The number of hydrogen-bond acceptors (Lipinski definition) is 4. The van der Waals surface area contributed by atoms with Gasteiger partial charge in [-0.05, 0) is 18.4 Å². The fraction of sp³-hybridized carbons (Fsp3) is 0.200. The molecule has 0 heterocycles. The highest BCUT2D eigenvalue weighted by Gasteiger charge is 2.18. The number of esters is 1. The Hall–Kier alpha value is -1.29. The molecule has 1 aromatic rings. The van der Waals surface area contributed by atoms with Gasteiger partial charge in [0.1, 0.15) is 0 Å². The Morgan fingerprint density at radius 2 is 1.93 bits per heavy atom. The van der Waals surface area contributed by atoms with Crippen molar-refractivity contribution in [3.05, 3.63) is 29.8 Å². The average molecular weight is 210 g/mol. The van der Waals surface area contributed by atoms with Crippen LogP contribution in [0.4, 0.5) is 0 Å².